The van der Waals surface area contributed by atoms with E-state index in [1.54, 1.807) is 48.5 Å². The number of imide groups is 2. The molecule has 0 spiro atoms. The van der Waals surface area contributed by atoms with Crippen LogP contribution in [0, 0.1) is 5.92 Å². The van der Waals surface area contributed by atoms with Crippen LogP contribution in [0.25, 0.3) is 0 Å². The van der Waals surface area contributed by atoms with Gasteiger partial charge >= 0.3 is 0 Å². The molecule has 21 heteroatoms. The number of ether oxygens (including phenoxy) is 7. The van der Waals surface area contributed by atoms with Crippen molar-refractivity contribution in [2.75, 3.05) is 72.7 Å². The largest absolute Gasteiger partial charge is 0.388 e. The van der Waals surface area contributed by atoms with Crippen molar-refractivity contribution in [1.82, 2.24) is 10.1 Å². The second-order valence-electron chi connectivity index (χ2n) is 18.4. The molecule has 0 radical (unpaired) electrons. The number of hydrogen-bond donors (Lipinski definition) is 2. The second kappa shape index (κ2) is 25.3. The number of hydrogen-bond acceptors (Lipinski definition) is 19. The van der Waals surface area contributed by atoms with E-state index in [4.69, 9.17) is 42.8 Å². The highest BCUT2D eigenvalue weighted by molar-refractivity contribution is 6.29. The topological polar surface area (TPSA) is 267 Å². The number of aliphatic hydroxyl groups is 2. The van der Waals surface area contributed by atoms with E-state index in [2.05, 4.69) is 0 Å². The fourth-order valence-electron chi connectivity index (χ4n) is 8.36. The molecular formula is C54H56N2O19. The normalized spacial score (nSPS) is 17.2. The lowest BCUT2D eigenvalue weighted by molar-refractivity contribution is -0.155. The van der Waals surface area contributed by atoms with Crippen LogP contribution in [0.15, 0.2) is 97.1 Å². The van der Waals surface area contributed by atoms with Gasteiger partial charge in [-0.15, -0.1) is 10.1 Å². The molecule has 4 amide bonds. The van der Waals surface area contributed by atoms with Crippen molar-refractivity contribution in [1.29, 1.82) is 0 Å². The Labute approximate surface area is 430 Å². The van der Waals surface area contributed by atoms with Crippen LogP contribution in [0.3, 0.4) is 0 Å². The van der Waals surface area contributed by atoms with E-state index < -0.39 is 116 Å². The maximum atomic E-state index is 13.2. The van der Waals surface area contributed by atoms with E-state index in [0.29, 0.717) is 22.7 Å². The Morgan fingerprint density at radius 1 is 0.400 bits per heavy atom. The van der Waals surface area contributed by atoms with Crippen molar-refractivity contribution >= 4 is 46.8 Å². The van der Waals surface area contributed by atoms with Gasteiger partial charge in [-0.2, -0.15) is 0 Å². The molecule has 396 valence electrons. The summed E-state index contributed by atoms with van der Waals surface area (Å²) >= 11 is 0. The number of nitrogens with zero attached hydrogens (tertiary/aromatic N) is 2. The number of fused-ring (bicyclic) bond motifs is 4. The Balaban J connectivity index is 0.903. The molecule has 0 fully saturated rings. The number of hydroxylamine groups is 4. The molecule has 75 heavy (non-hydrogen) atoms. The number of aliphatic hydroxyl groups excluding tert-OH is 2. The molecule has 2 heterocycles. The summed E-state index contributed by atoms with van der Waals surface area (Å²) in [6, 6.07) is 24.9. The van der Waals surface area contributed by atoms with Crippen LogP contribution in [-0.4, -0.2) is 183 Å². The molecule has 0 aromatic heterocycles. The smallest absolute Gasteiger partial charge is 0.285 e. The number of rotatable bonds is 30. The van der Waals surface area contributed by atoms with Gasteiger partial charge in [-0.05, 0) is 36.6 Å². The van der Waals surface area contributed by atoms with Gasteiger partial charge in [-0.3, -0.25) is 48.0 Å². The molecule has 4 atom stereocenters. The zero-order valence-electron chi connectivity index (χ0n) is 41.1. The van der Waals surface area contributed by atoms with Gasteiger partial charge in [-0.25, -0.2) is 0 Å². The maximum Gasteiger partial charge on any atom is 0.285 e. The fourth-order valence-corrected chi connectivity index (χ4v) is 8.36. The van der Waals surface area contributed by atoms with Crippen molar-refractivity contribution in [3.05, 3.63) is 142 Å². The number of carbonyl (C=O) groups excluding carboxylic acids is 8. The van der Waals surface area contributed by atoms with Crippen molar-refractivity contribution in [2.24, 2.45) is 5.92 Å². The summed E-state index contributed by atoms with van der Waals surface area (Å²) in [7, 11) is 0. The summed E-state index contributed by atoms with van der Waals surface area (Å²) < 4.78 is 41.5. The minimum Gasteiger partial charge on any atom is -0.388 e. The molecule has 4 unspecified atom stereocenters. The molecule has 4 aromatic carbocycles. The average molecular weight is 1040 g/mol. The third kappa shape index (κ3) is 12.9. The molecule has 8 rings (SSSR count). The van der Waals surface area contributed by atoms with Crippen LogP contribution in [0.4, 0.5) is 0 Å². The van der Waals surface area contributed by atoms with Gasteiger partial charge in [0, 0.05) is 28.9 Å². The van der Waals surface area contributed by atoms with E-state index in [-0.39, 0.29) is 84.1 Å². The number of carbonyl (C=O) groups is 8. The average Bonchev–Trinajstić information content (AvgIpc) is 4.01. The minimum absolute atomic E-state index is 0.00360. The monoisotopic (exact) mass is 1040 g/mol. The Bertz CT molecular complexity index is 2560. The molecule has 21 nitrogen and oxygen atoms in total. The van der Waals surface area contributed by atoms with Crippen LogP contribution in [0.1, 0.15) is 103 Å². The lowest BCUT2D eigenvalue weighted by Crippen LogP contribution is -2.40. The summed E-state index contributed by atoms with van der Waals surface area (Å²) in [6.07, 6.45) is -8.06. The molecule has 0 saturated carbocycles. The zero-order valence-corrected chi connectivity index (χ0v) is 41.1. The summed E-state index contributed by atoms with van der Waals surface area (Å²) in [5.41, 5.74) is 1.40. The standard InChI is InChI=1S/C54H56N2O19/c1-31(2)19-20-67-25-35(30-75-56-53(65)43-17-9-10-18-44(43)54(56)66)70-22-32(57)21-68-26-34(69-23-33(58)24-74-55-51(63)41-15-7-8-16-42(41)52(55)64)27-71-36(28-72-49-45(59)37-11-3-4-12-38(37)46(49)60)29-73-50-47(61)39-13-5-6-14-40(39)48(50)62/h3-18,31-36,49-50,57-58H,19-30H2,1-2H3. The summed E-state index contributed by atoms with van der Waals surface area (Å²) in [6.45, 7) is 0.891. The Morgan fingerprint density at radius 3 is 1.15 bits per heavy atom. The molecule has 2 aliphatic carbocycles. The quantitative estimate of drug-likeness (QED) is 0.0431. The SMILES string of the molecule is CC(C)CCOCC(CON1C(=O)c2ccccc2C1=O)OCC(O)COCC(COC(COC1C(=O)c2ccccc2C1=O)COC1C(=O)c2ccccc2C1=O)OCC(O)CON1C(=O)c2ccccc2C1=O. The Kier molecular flexibility index (Phi) is 18.4. The van der Waals surface area contributed by atoms with E-state index >= 15 is 0 Å². The third-order valence-electron chi connectivity index (χ3n) is 12.4. The Morgan fingerprint density at radius 2 is 0.733 bits per heavy atom. The predicted octanol–water partition coefficient (Wildman–Crippen LogP) is 3.33. The van der Waals surface area contributed by atoms with Gasteiger partial charge in [0.05, 0.1) is 75.1 Å². The van der Waals surface area contributed by atoms with E-state index in [9.17, 15) is 48.6 Å². The van der Waals surface area contributed by atoms with Gasteiger partial charge in [-0.1, -0.05) is 86.6 Å². The Hall–Kier alpha value is -6.60. The highest BCUT2D eigenvalue weighted by atomic mass is 16.7. The van der Waals surface area contributed by atoms with Crippen LogP contribution < -0.4 is 0 Å². The molecule has 4 aliphatic rings. The summed E-state index contributed by atoms with van der Waals surface area (Å²) in [4.78, 5) is 116. The fraction of sp³-hybridized carbons (Fsp3) is 0.407. The van der Waals surface area contributed by atoms with Gasteiger partial charge < -0.3 is 43.4 Å². The molecule has 2 aliphatic heterocycles. The van der Waals surface area contributed by atoms with Crippen LogP contribution in [0.2, 0.25) is 0 Å². The number of ketones is 4. The van der Waals surface area contributed by atoms with E-state index in [1.165, 1.54) is 48.5 Å². The highest BCUT2D eigenvalue weighted by Crippen LogP contribution is 2.28. The molecular weight excluding hydrogens is 981 g/mol. The van der Waals surface area contributed by atoms with Crippen LogP contribution >= 0.6 is 0 Å². The van der Waals surface area contributed by atoms with Crippen LogP contribution in [-0.2, 0) is 42.8 Å². The van der Waals surface area contributed by atoms with Crippen molar-refractivity contribution in [2.45, 2.75) is 63.0 Å². The first-order valence-electron chi connectivity index (χ1n) is 24.4. The highest BCUT2D eigenvalue weighted by Gasteiger charge is 2.43. The number of amides is 4. The molecule has 0 saturated heterocycles. The predicted molar refractivity (Wildman–Crippen MR) is 258 cm³/mol. The lowest BCUT2D eigenvalue weighted by Gasteiger charge is -2.26. The van der Waals surface area contributed by atoms with Gasteiger partial charge in [0.15, 0.2) is 35.3 Å². The summed E-state index contributed by atoms with van der Waals surface area (Å²) in [5, 5.41) is 23.2. The number of benzene rings is 4. The third-order valence-corrected chi connectivity index (χ3v) is 12.4. The molecule has 4 aromatic rings. The zero-order chi connectivity index (χ0) is 53.2. The van der Waals surface area contributed by atoms with Crippen molar-refractivity contribution < 1.29 is 91.4 Å². The van der Waals surface area contributed by atoms with E-state index in [1.807, 2.05) is 13.8 Å². The van der Waals surface area contributed by atoms with Crippen LogP contribution in [0.5, 0.6) is 0 Å². The first kappa shape index (κ1) is 54.7. The molecule has 0 bridgehead atoms. The second-order valence-corrected chi connectivity index (χ2v) is 18.4. The van der Waals surface area contributed by atoms with E-state index in [0.717, 1.165) is 6.42 Å². The minimum atomic E-state index is -1.51. The summed E-state index contributed by atoms with van der Waals surface area (Å²) in [5.74, 6) is -4.61. The first-order valence-corrected chi connectivity index (χ1v) is 24.4. The van der Waals surface area contributed by atoms with Crippen molar-refractivity contribution in [3.8, 4) is 0 Å². The van der Waals surface area contributed by atoms with Gasteiger partial charge in [0.1, 0.15) is 43.7 Å². The van der Waals surface area contributed by atoms with Gasteiger partial charge in [0.2, 0.25) is 0 Å². The maximum absolute atomic E-state index is 13.2. The van der Waals surface area contributed by atoms with Gasteiger partial charge in [0.25, 0.3) is 23.6 Å². The number of Topliss-reactive ketones (excluding diaryl/α,β-unsaturated/α-hetero) is 4. The van der Waals surface area contributed by atoms with Crippen molar-refractivity contribution in [3.63, 3.8) is 0 Å². The first-order chi connectivity index (χ1) is 36.2. The molecule has 2 N–H and O–H groups in total. The lowest BCUT2D eigenvalue weighted by atomic mass is 10.1.